The summed E-state index contributed by atoms with van der Waals surface area (Å²) < 4.78 is 7.77. The Labute approximate surface area is 92.9 Å². The smallest absolute Gasteiger partial charge is 0.251 e. The van der Waals surface area contributed by atoms with E-state index in [4.69, 9.17) is 17.0 Å². The predicted molar refractivity (Wildman–Crippen MR) is 59.6 cm³/mol. The lowest BCUT2D eigenvalue weighted by Crippen LogP contribution is -2.15. The van der Waals surface area contributed by atoms with Gasteiger partial charge in [0.15, 0.2) is 4.77 Å². The van der Waals surface area contributed by atoms with Crippen LogP contribution in [0.3, 0.4) is 0 Å². The van der Waals surface area contributed by atoms with E-state index < -0.39 is 0 Å². The highest BCUT2D eigenvalue weighted by Gasteiger charge is 2.25. The normalized spacial score (nSPS) is 25.7. The van der Waals surface area contributed by atoms with Gasteiger partial charge in [0.1, 0.15) is 0 Å². The van der Waals surface area contributed by atoms with Gasteiger partial charge in [-0.05, 0) is 31.5 Å². The van der Waals surface area contributed by atoms with Crippen molar-refractivity contribution in [1.82, 2.24) is 9.55 Å². The molecule has 1 heterocycles. The molecule has 0 bridgehead atoms. The second kappa shape index (κ2) is 4.28. The molecular weight excluding hydrogens is 212 g/mol. The summed E-state index contributed by atoms with van der Waals surface area (Å²) in [7, 11) is 1.74. The molecule has 4 nitrogen and oxygen atoms in total. The highest BCUT2D eigenvalue weighted by Crippen LogP contribution is 2.31. The molecule has 2 rings (SSSR count). The zero-order chi connectivity index (χ0) is 10.8. The maximum absolute atomic E-state index is 11.0. The predicted octanol–water partition coefficient (Wildman–Crippen LogP) is 1.65. The number of aromatic amines is 1. The molecule has 0 amide bonds. The molecule has 0 spiro atoms. The lowest BCUT2D eigenvalue weighted by molar-refractivity contribution is 0.105. The molecule has 5 heteroatoms. The fourth-order valence-electron chi connectivity index (χ4n) is 2.10. The maximum Gasteiger partial charge on any atom is 0.251 e. The SMILES string of the molecule is COC1CCC(n2ccc(=O)[nH]c2=S)C1. The van der Waals surface area contributed by atoms with Gasteiger partial charge in [0, 0.05) is 25.4 Å². The van der Waals surface area contributed by atoms with E-state index in [0.29, 0.717) is 16.9 Å². The monoisotopic (exact) mass is 226 g/mol. The second-order valence-electron chi connectivity index (χ2n) is 3.84. The van der Waals surface area contributed by atoms with Crippen molar-refractivity contribution in [1.29, 1.82) is 0 Å². The molecule has 82 valence electrons. The van der Waals surface area contributed by atoms with Gasteiger partial charge in [-0.1, -0.05) is 0 Å². The number of aromatic nitrogens is 2. The summed E-state index contributed by atoms with van der Waals surface area (Å²) in [5.74, 6) is 0. The third-order valence-corrected chi connectivity index (χ3v) is 3.25. The zero-order valence-electron chi connectivity index (χ0n) is 8.60. The number of methoxy groups -OCH3 is 1. The number of ether oxygens (including phenoxy) is 1. The molecular formula is C10H14N2O2S. The first-order chi connectivity index (χ1) is 7.20. The summed E-state index contributed by atoms with van der Waals surface area (Å²) in [6, 6.07) is 1.87. The van der Waals surface area contributed by atoms with E-state index in [1.165, 1.54) is 6.07 Å². The number of nitrogens with one attached hydrogen (secondary N) is 1. The van der Waals surface area contributed by atoms with E-state index >= 15 is 0 Å². The lowest BCUT2D eigenvalue weighted by atomic mass is 10.2. The van der Waals surface area contributed by atoms with Crippen molar-refractivity contribution in [3.8, 4) is 0 Å². The Kier molecular flexibility index (Phi) is 3.02. The number of hydrogen-bond acceptors (Lipinski definition) is 3. The average Bonchev–Trinajstić information content (AvgIpc) is 2.66. The summed E-state index contributed by atoms with van der Waals surface area (Å²) in [4.78, 5) is 13.6. The topological polar surface area (TPSA) is 47.0 Å². The largest absolute Gasteiger partial charge is 0.381 e. The van der Waals surface area contributed by atoms with Crippen molar-refractivity contribution >= 4 is 12.2 Å². The molecule has 2 atom stereocenters. The summed E-state index contributed by atoms with van der Waals surface area (Å²) in [6.07, 6.45) is 5.17. The van der Waals surface area contributed by atoms with Crippen LogP contribution in [0.5, 0.6) is 0 Å². The molecule has 1 saturated carbocycles. The van der Waals surface area contributed by atoms with Crippen molar-refractivity contribution in [3.05, 3.63) is 27.4 Å². The van der Waals surface area contributed by atoms with Gasteiger partial charge in [0.25, 0.3) is 5.56 Å². The molecule has 1 aliphatic carbocycles. The Morgan fingerprint density at radius 2 is 2.40 bits per heavy atom. The molecule has 1 aromatic rings. The summed E-state index contributed by atoms with van der Waals surface area (Å²) >= 11 is 5.12. The van der Waals surface area contributed by atoms with Crippen molar-refractivity contribution in [2.45, 2.75) is 31.4 Å². The van der Waals surface area contributed by atoms with Crippen LogP contribution in [0, 0.1) is 4.77 Å². The van der Waals surface area contributed by atoms with Gasteiger partial charge < -0.3 is 9.30 Å². The molecule has 1 fully saturated rings. The number of nitrogens with zero attached hydrogens (tertiary/aromatic N) is 1. The van der Waals surface area contributed by atoms with Gasteiger partial charge in [0.2, 0.25) is 0 Å². The molecule has 0 aliphatic heterocycles. The highest BCUT2D eigenvalue weighted by atomic mass is 32.1. The number of H-pyrrole nitrogens is 1. The standard InChI is InChI=1S/C10H14N2O2S/c1-14-8-3-2-7(6-8)12-5-4-9(13)11-10(12)15/h4-5,7-8H,2-3,6H2,1H3,(H,11,13,15). The van der Waals surface area contributed by atoms with Crippen LogP contribution in [0.15, 0.2) is 17.1 Å². The van der Waals surface area contributed by atoms with Crippen molar-refractivity contribution in [2.24, 2.45) is 0 Å². The average molecular weight is 226 g/mol. The zero-order valence-corrected chi connectivity index (χ0v) is 9.42. The van der Waals surface area contributed by atoms with Crippen molar-refractivity contribution in [2.75, 3.05) is 7.11 Å². The maximum atomic E-state index is 11.0. The number of hydrogen-bond donors (Lipinski definition) is 1. The van der Waals surface area contributed by atoms with Gasteiger partial charge in [-0.25, -0.2) is 0 Å². The van der Waals surface area contributed by atoms with Crippen LogP contribution in [-0.2, 0) is 4.74 Å². The molecule has 2 unspecified atom stereocenters. The van der Waals surface area contributed by atoms with Gasteiger partial charge in [-0.3, -0.25) is 9.78 Å². The van der Waals surface area contributed by atoms with Crippen LogP contribution in [0.25, 0.3) is 0 Å². The molecule has 0 saturated heterocycles. The first-order valence-corrected chi connectivity index (χ1v) is 5.46. The fraction of sp³-hybridized carbons (Fsp3) is 0.600. The van der Waals surface area contributed by atoms with E-state index in [1.807, 2.05) is 4.57 Å². The third kappa shape index (κ3) is 2.18. The van der Waals surface area contributed by atoms with Gasteiger partial charge in [-0.15, -0.1) is 0 Å². The lowest BCUT2D eigenvalue weighted by Gasteiger charge is -2.14. The van der Waals surface area contributed by atoms with E-state index in [2.05, 4.69) is 4.98 Å². The quantitative estimate of drug-likeness (QED) is 0.780. The van der Waals surface area contributed by atoms with Crippen molar-refractivity contribution in [3.63, 3.8) is 0 Å². The molecule has 0 radical (unpaired) electrons. The van der Waals surface area contributed by atoms with Crippen LogP contribution < -0.4 is 5.56 Å². The molecule has 0 aromatic carbocycles. The summed E-state index contributed by atoms with van der Waals surface area (Å²) in [5, 5.41) is 0. The van der Waals surface area contributed by atoms with E-state index in [1.54, 1.807) is 13.3 Å². The van der Waals surface area contributed by atoms with Crippen molar-refractivity contribution < 1.29 is 4.74 Å². The second-order valence-corrected chi connectivity index (χ2v) is 4.23. The molecule has 1 aromatic heterocycles. The van der Waals surface area contributed by atoms with Gasteiger partial charge >= 0.3 is 0 Å². The van der Waals surface area contributed by atoms with E-state index in [-0.39, 0.29) is 5.56 Å². The van der Waals surface area contributed by atoms with E-state index in [9.17, 15) is 4.79 Å². The highest BCUT2D eigenvalue weighted by molar-refractivity contribution is 7.71. The van der Waals surface area contributed by atoms with Gasteiger partial charge in [-0.2, -0.15) is 0 Å². The Balaban J connectivity index is 2.24. The van der Waals surface area contributed by atoms with Crippen LogP contribution in [-0.4, -0.2) is 22.8 Å². The molecule has 15 heavy (non-hydrogen) atoms. The Morgan fingerprint density at radius 1 is 1.60 bits per heavy atom. The van der Waals surface area contributed by atoms with Crippen LogP contribution in [0.2, 0.25) is 0 Å². The minimum absolute atomic E-state index is 0.141. The Hall–Kier alpha value is -0.940. The first-order valence-electron chi connectivity index (χ1n) is 5.05. The first kappa shape index (κ1) is 10.6. The molecule has 1 N–H and O–H groups in total. The minimum atomic E-state index is -0.141. The summed E-state index contributed by atoms with van der Waals surface area (Å²) in [6.45, 7) is 0. The van der Waals surface area contributed by atoms with Crippen LogP contribution in [0.4, 0.5) is 0 Å². The fourth-order valence-corrected chi connectivity index (χ4v) is 2.41. The van der Waals surface area contributed by atoms with E-state index in [0.717, 1.165) is 19.3 Å². The minimum Gasteiger partial charge on any atom is -0.381 e. The summed E-state index contributed by atoms with van der Waals surface area (Å²) in [5.41, 5.74) is -0.141. The Bertz CT molecular complexity index is 451. The van der Waals surface area contributed by atoms with Crippen LogP contribution >= 0.6 is 12.2 Å². The molecule has 1 aliphatic rings. The number of rotatable bonds is 2. The Morgan fingerprint density at radius 3 is 3.00 bits per heavy atom. The van der Waals surface area contributed by atoms with Gasteiger partial charge in [0.05, 0.1) is 6.10 Å². The third-order valence-electron chi connectivity index (χ3n) is 2.93. The van der Waals surface area contributed by atoms with Crippen LogP contribution in [0.1, 0.15) is 25.3 Å².